The highest BCUT2D eigenvalue weighted by Crippen LogP contribution is 2.31. The fourth-order valence-corrected chi connectivity index (χ4v) is 2.50. The van der Waals surface area contributed by atoms with Gasteiger partial charge < -0.3 is 15.6 Å². The van der Waals surface area contributed by atoms with Crippen LogP contribution in [0, 0.1) is 11.8 Å². The molecular weight excluding hydrogens is 202 g/mol. The minimum atomic E-state index is -0.628. The fourth-order valence-electron chi connectivity index (χ4n) is 2.50. The lowest BCUT2D eigenvalue weighted by Gasteiger charge is -2.26. The summed E-state index contributed by atoms with van der Waals surface area (Å²) in [4.78, 5) is 0. The Hall–Kier alpha value is -0.120. The lowest BCUT2D eigenvalue weighted by molar-refractivity contribution is -0.0606. The van der Waals surface area contributed by atoms with Crippen LogP contribution in [0.2, 0.25) is 0 Å². The van der Waals surface area contributed by atoms with Gasteiger partial charge in [-0.3, -0.25) is 0 Å². The lowest BCUT2D eigenvalue weighted by atomic mass is 9.96. The molecule has 1 aliphatic rings. The molecule has 3 heteroatoms. The van der Waals surface area contributed by atoms with Gasteiger partial charge in [-0.2, -0.15) is 0 Å². The summed E-state index contributed by atoms with van der Waals surface area (Å²) in [7, 11) is 0. The van der Waals surface area contributed by atoms with Gasteiger partial charge in [0.25, 0.3) is 0 Å². The van der Waals surface area contributed by atoms with Gasteiger partial charge in [-0.1, -0.05) is 20.3 Å². The predicted octanol–water partition coefficient (Wildman–Crippen LogP) is 1.93. The van der Waals surface area contributed by atoms with Gasteiger partial charge in [0.15, 0.2) is 0 Å². The van der Waals surface area contributed by atoms with E-state index in [9.17, 15) is 5.11 Å². The van der Waals surface area contributed by atoms with Gasteiger partial charge in [-0.15, -0.1) is 0 Å². The molecule has 0 spiro atoms. The minimum absolute atomic E-state index is 0.466. The highest BCUT2D eigenvalue weighted by Gasteiger charge is 2.28. The molecule has 3 nitrogen and oxygen atoms in total. The van der Waals surface area contributed by atoms with E-state index in [1.807, 2.05) is 13.8 Å². The van der Waals surface area contributed by atoms with Crippen molar-refractivity contribution in [3.63, 3.8) is 0 Å². The van der Waals surface area contributed by atoms with Crippen LogP contribution in [0.3, 0.4) is 0 Å². The molecule has 0 radical (unpaired) electrons. The number of hydrogen-bond donors (Lipinski definition) is 2. The molecule has 1 rings (SSSR count). The lowest BCUT2D eigenvalue weighted by Crippen LogP contribution is -2.34. The van der Waals surface area contributed by atoms with Crippen molar-refractivity contribution in [2.75, 3.05) is 19.8 Å². The number of rotatable bonds is 7. The molecule has 1 aliphatic carbocycles. The number of ether oxygens (including phenoxy) is 1. The molecule has 2 atom stereocenters. The highest BCUT2D eigenvalue weighted by molar-refractivity contribution is 4.79. The Balaban J connectivity index is 2.24. The summed E-state index contributed by atoms with van der Waals surface area (Å²) < 4.78 is 5.69. The van der Waals surface area contributed by atoms with Gasteiger partial charge in [0.05, 0.1) is 12.2 Å². The second-order valence-corrected chi connectivity index (χ2v) is 5.13. The maximum absolute atomic E-state index is 10.1. The van der Waals surface area contributed by atoms with Crippen LogP contribution in [-0.4, -0.2) is 30.5 Å². The normalized spacial score (nSPS) is 26.2. The smallest absolute Gasteiger partial charge is 0.0874 e. The number of nitrogens with two attached hydrogens (primary N) is 1. The van der Waals surface area contributed by atoms with Crippen molar-refractivity contribution in [2.24, 2.45) is 17.6 Å². The van der Waals surface area contributed by atoms with E-state index >= 15 is 0 Å². The van der Waals surface area contributed by atoms with E-state index in [0.717, 1.165) is 26.0 Å². The van der Waals surface area contributed by atoms with Crippen molar-refractivity contribution in [1.29, 1.82) is 0 Å². The summed E-state index contributed by atoms with van der Waals surface area (Å²) in [6, 6.07) is 0. The Morgan fingerprint density at radius 1 is 1.25 bits per heavy atom. The van der Waals surface area contributed by atoms with E-state index in [4.69, 9.17) is 10.5 Å². The Kier molecular flexibility index (Phi) is 5.73. The summed E-state index contributed by atoms with van der Waals surface area (Å²) in [6.07, 6.45) is 5.28. The van der Waals surface area contributed by atoms with Crippen molar-refractivity contribution in [2.45, 2.75) is 51.6 Å². The van der Waals surface area contributed by atoms with E-state index in [1.165, 1.54) is 19.3 Å². The van der Waals surface area contributed by atoms with Crippen molar-refractivity contribution >= 4 is 0 Å². The van der Waals surface area contributed by atoms with Crippen molar-refractivity contribution < 1.29 is 9.84 Å². The Labute approximate surface area is 99.4 Å². The van der Waals surface area contributed by atoms with Crippen LogP contribution in [0.1, 0.15) is 46.0 Å². The number of aliphatic hydroxyl groups is 1. The van der Waals surface area contributed by atoms with Crippen LogP contribution < -0.4 is 5.73 Å². The highest BCUT2D eigenvalue weighted by atomic mass is 16.5. The molecule has 0 amide bonds. The maximum Gasteiger partial charge on any atom is 0.0874 e. The molecule has 0 aromatic heterocycles. The van der Waals surface area contributed by atoms with E-state index in [0.29, 0.717) is 18.4 Å². The van der Waals surface area contributed by atoms with Gasteiger partial charge in [-0.05, 0) is 44.1 Å². The summed E-state index contributed by atoms with van der Waals surface area (Å²) in [6.45, 7) is 6.02. The summed E-state index contributed by atoms with van der Waals surface area (Å²) >= 11 is 0. The molecule has 0 saturated heterocycles. The molecule has 96 valence electrons. The van der Waals surface area contributed by atoms with E-state index in [1.54, 1.807) is 0 Å². The summed E-state index contributed by atoms with van der Waals surface area (Å²) in [5.41, 5.74) is 5.10. The molecule has 0 aromatic rings. The average molecular weight is 229 g/mol. The second-order valence-electron chi connectivity index (χ2n) is 5.13. The van der Waals surface area contributed by atoms with Crippen LogP contribution in [0.4, 0.5) is 0 Å². The SMILES string of the molecule is CCC(O)(CC)COCC1CCCC1CN. The summed E-state index contributed by atoms with van der Waals surface area (Å²) in [5.74, 6) is 1.25. The molecule has 3 N–H and O–H groups in total. The molecular formula is C13H27NO2. The van der Waals surface area contributed by atoms with Crippen molar-refractivity contribution in [3.05, 3.63) is 0 Å². The Morgan fingerprint density at radius 3 is 2.44 bits per heavy atom. The molecule has 16 heavy (non-hydrogen) atoms. The van der Waals surface area contributed by atoms with Crippen LogP contribution in [0.15, 0.2) is 0 Å². The third-order valence-corrected chi connectivity index (χ3v) is 4.14. The number of hydrogen-bond acceptors (Lipinski definition) is 3. The zero-order chi connectivity index (χ0) is 12.0. The molecule has 2 unspecified atom stereocenters. The monoisotopic (exact) mass is 229 g/mol. The van der Waals surface area contributed by atoms with Gasteiger partial charge in [0.1, 0.15) is 0 Å². The molecule has 0 aromatic carbocycles. The van der Waals surface area contributed by atoms with Crippen molar-refractivity contribution in [1.82, 2.24) is 0 Å². The first kappa shape index (κ1) is 13.9. The summed E-state index contributed by atoms with van der Waals surface area (Å²) in [5, 5.41) is 10.1. The van der Waals surface area contributed by atoms with Gasteiger partial charge in [0.2, 0.25) is 0 Å². The van der Waals surface area contributed by atoms with Gasteiger partial charge in [-0.25, -0.2) is 0 Å². The Bertz CT molecular complexity index is 192. The van der Waals surface area contributed by atoms with Crippen LogP contribution >= 0.6 is 0 Å². The average Bonchev–Trinajstić information content (AvgIpc) is 2.76. The fraction of sp³-hybridized carbons (Fsp3) is 1.00. The van der Waals surface area contributed by atoms with Gasteiger partial charge in [0, 0.05) is 6.61 Å². The topological polar surface area (TPSA) is 55.5 Å². The Morgan fingerprint density at radius 2 is 1.88 bits per heavy atom. The first-order valence-electron chi connectivity index (χ1n) is 6.65. The second kappa shape index (κ2) is 6.58. The largest absolute Gasteiger partial charge is 0.388 e. The van der Waals surface area contributed by atoms with Crippen LogP contribution in [0.25, 0.3) is 0 Å². The molecule has 1 saturated carbocycles. The molecule has 0 aliphatic heterocycles. The molecule has 0 bridgehead atoms. The molecule has 0 heterocycles. The first-order valence-corrected chi connectivity index (χ1v) is 6.65. The van der Waals surface area contributed by atoms with Crippen molar-refractivity contribution in [3.8, 4) is 0 Å². The van der Waals surface area contributed by atoms with Crippen LogP contribution in [0.5, 0.6) is 0 Å². The maximum atomic E-state index is 10.1. The quantitative estimate of drug-likeness (QED) is 0.701. The first-order chi connectivity index (χ1) is 7.65. The third kappa shape index (κ3) is 3.72. The zero-order valence-corrected chi connectivity index (χ0v) is 10.7. The van der Waals surface area contributed by atoms with E-state index < -0.39 is 5.60 Å². The third-order valence-electron chi connectivity index (χ3n) is 4.14. The van der Waals surface area contributed by atoms with Gasteiger partial charge >= 0.3 is 0 Å². The van der Waals surface area contributed by atoms with E-state index in [2.05, 4.69) is 0 Å². The molecule has 1 fully saturated rings. The minimum Gasteiger partial charge on any atom is -0.388 e. The predicted molar refractivity (Wildman–Crippen MR) is 66.2 cm³/mol. The standard InChI is InChI=1S/C13H27NO2/c1-3-13(15,4-2)10-16-9-12-7-5-6-11(12)8-14/h11-12,15H,3-10,14H2,1-2H3. The van der Waals surface area contributed by atoms with E-state index in [-0.39, 0.29) is 0 Å². The van der Waals surface area contributed by atoms with Crippen LogP contribution in [-0.2, 0) is 4.74 Å². The zero-order valence-electron chi connectivity index (χ0n) is 10.7.